The molecule has 3 aliphatic rings. The summed E-state index contributed by atoms with van der Waals surface area (Å²) in [5.41, 5.74) is 20.2. The molecule has 1 heterocycles. The van der Waals surface area contributed by atoms with Crippen molar-refractivity contribution in [2.45, 2.75) is 5.41 Å². The van der Waals surface area contributed by atoms with Crippen LogP contribution in [-0.4, -0.2) is 9.97 Å². The number of hydrogen-bond acceptors (Lipinski definition) is 2. The summed E-state index contributed by atoms with van der Waals surface area (Å²) in [6.45, 7) is 0. The van der Waals surface area contributed by atoms with Gasteiger partial charge in [0.2, 0.25) is 0 Å². The van der Waals surface area contributed by atoms with Crippen LogP contribution >= 0.6 is 0 Å². The second-order valence-electron chi connectivity index (χ2n) is 12.9. The Bertz CT molecular complexity index is 2580. The lowest BCUT2D eigenvalue weighted by Gasteiger charge is -2.31. The number of nitrogens with zero attached hydrogens (tertiary/aromatic N) is 2. The number of fused-ring (bicyclic) bond motifs is 13. The minimum absolute atomic E-state index is 0.420. The van der Waals surface area contributed by atoms with Gasteiger partial charge in [-0.25, -0.2) is 9.97 Å². The highest BCUT2D eigenvalue weighted by Gasteiger charge is 2.53. The molecule has 47 heavy (non-hydrogen) atoms. The summed E-state index contributed by atoms with van der Waals surface area (Å²) in [5.74, 6) is 0. The van der Waals surface area contributed by atoms with Gasteiger partial charge >= 0.3 is 0 Å². The molecule has 1 spiro atoms. The average molecular weight is 595 g/mol. The molecule has 2 heteroatoms. The van der Waals surface area contributed by atoms with Gasteiger partial charge in [0.25, 0.3) is 0 Å². The van der Waals surface area contributed by atoms with E-state index in [0.29, 0.717) is 0 Å². The van der Waals surface area contributed by atoms with Gasteiger partial charge in [0.1, 0.15) is 6.33 Å². The van der Waals surface area contributed by atoms with Gasteiger partial charge in [-0.05, 0) is 106 Å². The molecule has 0 bridgehead atoms. The average Bonchev–Trinajstić information content (AvgIpc) is 3.74. The van der Waals surface area contributed by atoms with Crippen LogP contribution in [0.4, 0.5) is 0 Å². The summed E-state index contributed by atoms with van der Waals surface area (Å²) >= 11 is 0. The molecule has 2 nitrogen and oxygen atoms in total. The maximum absolute atomic E-state index is 4.34. The summed E-state index contributed by atoms with van der Waals surface area (Å²) in [4.78, 5) is 8.68. The quantitative estimate of drug-likeness (QED) is 0.199. The van der Waals surface area contributed by atoms with Crippen molar-refractivity contribution in [3.63, 3.8) is 0 Å². The lowest BCUT2D eigenvalue weighted by atomic mass is 9.69. The normalized spacial score (nSPS) is 13.7. The van der Waals surface area contributed by atoms with Crippen molar-refractivity contribution >= 4 is 10.8 Å². The Kier molecular flexibility index (Phi) is 4.80. The van der Waals surface area contributed by atoms with Gasteiger partial charge < -0.3 is 0 Å². The summed E-state index contributed by atoms with van der Waals surface area (Å²) < 4.78 is 0. The van der Waals surface area contributed by atoms with E-state index in [-0.39, 0.29) is 0 Å². The molecular weight excluding hydrogens is 569 g/mol. The fourth-order valence-corrected chi connectivity index (χ4v) is 9.10. The van der Waals surface area contributed by atoms with E-state index in [4.69, 9.17) is 0 Å². The Morgan fingerprint density at radius 1 is 0.362 bits per heavy atom. The Morgan fingerprint density at radius 3 is 1.66 bits per heavy atom. The standard InChI is InChI=1S/C45H26N2/c1-4-19-37-31(14-1)32-15-2-5-20-38(32)45(37)39-21-6-3-16-34(39)44-40(45)23-36-33-17-8-10-27-11-9-18-35(41(27)33)43(36)42(44)29-13-7-12-28(22-29)30-24-46-26-47-25-30/h1-26H. The summed E-state index contributed by atoms with van der Waals surface area (Å²) in [5, 5.41) is 2.63. The molecule has 0 radical (unpaired) electrons. The first kappa shape index (κ1) is 25.1. The molecule has 0 amide bonds. The zero-order valence-corrected chi connectivity index (χ0v) is 25.4. The molecule has 0 N–H and O–H groups in total. The van der Waals surface area contributed by atoms with E-state index in [2.05, 4.69) is 149 Å². The second kappa shape index (κ2) is 8.99. The van der Waals surface area contributed by atoms with Crippen molar-refractivity contribution in [2.24, 2.45) is 0 Å². The van der Waals surface area contributed by atoms with Crippen LogP contribution in [0, 0.1) is 0 Å². The third-order valence-electron chi connectivity index (χ3n) is 10.8. The first-order chi connectivity index (χ1) is 23.3. The summed E-state index contributed by atoms with van der Waals surface area (Å²) in [6.07, 6.45) is 5.40. The Labute approximate surface area is 272 Å². The topological polar surface area (TPSA) is 25.8 Å². The molecule has 0 unspecified atom stereocenters. The Morgan fingerprint density at radius 2 is 0.936 bits per heavy atom. The van der Waals surface area contributed by atoms with Crippen molar-refractivity contribution in [1.82, 2.24) is 9.97 Å². The summed E-state index contributed by atoms with van der Waals surface area (Å²) in [7, 11) is 0. The van der Waals surface area contributed by atoms with Crippen LogP contribution in [0.3, 0.4) is 0 Å². The number of benzene rings is 7. The van der Waals surface area contributed by atoms with Crippen LogP contribution in [0.2, 0.25) is 0 Å². The molecule has 0 atom stereocenters. The van der Waals surface area contributed by atoms with Crippen molar-refractivity contribution in [3.05, 3.63) is 181 Å². The lowest BCUT2D eigenvalue weighted by molar-refractivity contribution is 0.794. The van der Waals surface area contributed by atoms with E-state index in [9.17, 15) is 0 Å². The predicted molar refractivity (Wildman–Crippen MR) is 191 cm³/mol. The van der Waals surface area contributed by atoms with E-state index in [1.165, 1.54) is 88.7 Å². The SMILES string of the molecule is c1cc(-c2cncnc2)cc(-c2c3c(cc4c2-c2ccccc2C42c4ccccc4-c4ccccc42)-c2cccc4cccc-3c24)c1. The van der Waals surface area contributed by atoms with E-state index < -0.39 is 5.41 Å². The molecule has 11 rings (SSSR count). The molecule has 3 aliphatic carbocycles. The predicted octanol–water partition coefficient (Wildman–Crippen LogP) is 11.0. The molecular formula is C45H26N2. The van der Waals surface area contributed by atoms with Gasteiger partial charge in [0.15, 0.2) is 0 Å². The largest absolute Gasteiger partial charge is 0.244 e. The molecule has 1 aromatic heterocycles. The first-order valence-electron chi connectivity index (χ1n) is 16.2. The van der Waals surface area contributed by atoms with Gasteiger partial charge in [0.05, 0.1) is 5.41 Å². The van der Waals surface area contributed by atoms with Gasteiger partial charge in [-0.3, -0.25) is 0 Å². The van der Waals surface area contributed by atoms with Crippen molar-refractivity contribution in [3.8, 4) is 66.8 Å². The van der Waals surface area contributed by atoms with Crippen LogP contribution in [0.15, 0.2) is 158 Å². The lowest BCUT2D eigenvalue weighted by Crippen LogP contribution is -2.26. The molecule has 0 aliphatic heterocycles. The van der Waals surface area contributed by atoms with Gasteiger partial charge in [-0.15, -0.1) is 0 Å². The van der Waals surface area contributed by atoms with E-state index in [1.807, 2.05) is 12.4 Å². The smallest absolute Gasteiger partial charge is 0.115 e. The maximum Gasteiger partial charge on any atom is 0.115 e. The number of rotatable bonds is 2. The number of aromatic nitrogens is 2. The van der Waals surface area contributed by atoms with E-state index >= 15 is 0 Å². The molecule has 0 saturated carbocycles. The fourth-order valence-electron chi connectivity index (χ4n) is 9.10. The van der Waals surface area contributed by atoms with Gasteiger partial charge in [-0.1, -0.05) is 127 Å². The zero-order chi connectivity index (χ0) is 30.7. The third kappa shape index (κ3) is 3.05. The summed E-state index contributed by atoms with van der Waals surface area (Å²) in [6, 6.07) is 52.3. The van der Waals surface area contributed by atoms with E-state index in [0.717, 1.165) is 11.1 Å². The van der Waals surface area contributed by atoms with Crippen LogP contribution in [-0.2, 0) is 5.41 Å². The van der Waals surface area contributed by atoms with Crippen molar-refractivity contribution < 1.29 is 0 Å². The Hall–Kier alpha value is -6.12. The highest BCUT2D eigenvalue weighted by Crippen LogP contribution is 2.67. The van der Waals surface area contributed by atoms with Crippen LogP contribution in [0.5, 0.6) is 0 Å². The minimum atomic E-state index is -0.420. The molecule has 8 aromatic rings. The van der Waals surface area contributed by atoms with Crippen LogP contribution in [0.25, 0.3) is 77.5 Å². The first-order valence-corrected chi connectivity index (χ1v) is 16.2. The number of hydrogen-bond donors (Lipinski definition) is 0. The molecule has 0 fully saturated rings. The van der Waals surface area contributed by atoms with E-state index in [1.54, 1.807) is 6.33 Å². The monoisotopic (exact) mass is 594 g/mol. The second-order valence-corrected chi connectivity index (χ2v) is 12.9. The molecule has 7 aromatic carbocycles. The van der Waals surface area contributed by atoms with Crippen molar-refractivity contribution in [2.75, 3.05) is 0 Å². The Balaban J connectivity index is 1.35. The van der Waals surface area contributed by atoms with Crippen LogP contribution in [0.1, 0.15) is 22.3 Å². The molecule has 0 saturated heterocycles. The van der Waals surface area contributed by atoms with Crippen molar-refractivity contribution in [1.29, 1.82) is 0 Å². The highest BCUT2D eigenvalue weighted by molar-refractivity contribution is 6.21. The fraction of sp³-hybridized carbons (Fsp3) is 0.0222. The van der Waals surface area contributed by atoms with Crippen LogP contribution < -0.4 is 0 Å². The third-order valence-corrected chi connectivity index (χ3v) is 10.8. The minimum Gasteiger partial charge on any atom is -0.244 e. The maximum atomic E-state index is 4.34. The highest BCUT2D eigenvalue weighted by atomic mass is 14.8. The van der Waals surface area contributed by atoms with Gasteiger partial charge in [0, 0.05) is 18.0 Å². The van der Waals surface area contributed by atoms with Gasteiger partial charge in [-0.2, -0.15) is 0 Å². The zero-order valence-electron chi connectivity index (χ0n) is 25.4. The molecule has 216 valence electrons.